The molecule has 0 aliphatic heterocycles. The number of esters is 3. The second-order valence-corrected chi connectivity index (χ2v) is 24.5. The fraction of sp³-hybridized carbons (Fsp3) is 0.878. The topological polar surface area (TPSA) is 78.9 Å². The van der Waals surface area contributed by atoms with Crippen molar-refractivity contribution in [2.24, 2.45) is 0 Å². The van der Waals surface area contributed by atoms with E-state index in [2.05, 4.69) is 57.2 Å². The highest BCUT2D eigenvalue weighted by molar-refractivity contribution is 5.71. The number of hydrogen-bond donors (Lipinski definition) is 0. The average molecular weight is 1120 g/mol. The first-order valence-corrected chi connectivity index (χ1v) is 36.0. The average Bonchev–Trinajstić information content (AvgIpc) is 3.46. The van der Waals surface area contributed by atoms with E-state index >= 15 is 0 Å². The van der Waals surface area contributed by atoms with Gasteiger partial charge in [0.1, 0.15) is 13.2 Å². The number of hydrogen-bond acceptors (Lipinski definition) is 6. The molecule has 6 nitrogen and oxygen atoms in total. The SMILES string of the molecule is CCCC/C=C\CCCCCCCC(=O)OCC(COC(=O)CCCCCCCCCCCCCCCCCCCCCCCCCCCCCCCCCCCC)OC(=O)CCCCCCCCC/C=C\C/C=C\CCCCC. The summed E-state index contributed by atoms with van der Waals surface area (Å²) in [6.07, 6.45) is 86.4. The van der Waals surface area contributed by atoms with E-state index in [1.807, 2.05) is 0 Å². The Morgan fingerprint density at radius 3 is 0.762 bits per heavy atom. The summed E-state index contributed by atoms with van der Waals surface area (Å²) in [6, 6.07) is 0. The van der Waals surface area contributed by atoms with Gasteiger partial charge in [0, 0.05) is 19.3 Å². The molecule has 1 atom stereocenters. The first-order chi connectivity index (χ1) is 39.5. The Hall–Kier alpha value is -2.37. The van der Waals surface area contributed by atoms with Crippen molar-refractivity contribution in [2.45, 2.75) is 406 Å². The van der Waals surface area contributed by atoms with E-state index < -0.39 is 6.10 Å². The third-order valence-electron chi connectivity index (χ3n) is 16.4. The Bertz CT molecular complexity index is 1340. The van der Waals surface area contributed by atoms with Gasteiger partial charge in [0.15, 0.2) is 6.10 Å². The molecule has 80 heavy (non-hydrogen) atoms. The fourth-order valence-corrected chi connectivity index (χ4v) is 10.9. The van der Waals surface area contributed by atoms with Crippen LogP contribution in [0.2, 0.25) is 0 Å². The van der Waals surface area contributed by atoms with Crippen LogP contribution in [0.5, 0.6) is 0 Å². The molecule has 0 bridgehead atoms. The first-order valence-electron chi connectivity index (χ1n) is 36.0. The quantitative estimate of drug-likeness (QED) is 0.0261. The maximum Gasteiger partial charge on any atom is 0.306 e. The summed E-state index contributed by atoms with van der Waals surface area (Å²) >= 11 is 0. The highest BCUT2D eigenvalue weighted by Gasteiger charge is 2.19. The first kappa shape index (κ1) is 77.6. The molecule has 0 saturated heterocycles. The molecule has 470 valence electrons. The van der Waals surface area contributed by atoms with E-state index in [9.17, 15) is 14.4 Å². The van der Waals surface area contributed by atoms with Gasteiger partial charge in [-0.2, -0.15) is 0 Å². The summed E-state index contributed by atoms with van der Waals surface area (Å²) < 4.78 is 16.9. The summed E-state index contributed by atoms with van der Waals surface area (Å²) in [6.45, 7) is 6.63. The fourth-order valence-electron chi connectivity index (χ4n) is 10.9. The predicted molar refractivity (Wildman–Crippen MR) is 349 cm³/mol. The summed E-state index contributed by atoms with van der Waals surface area (Å²) in [4.78, 5) is 38.3. The molecular formula is C74H138O6. The van der Waals surface area contributed by atoms with Crippen molar-refractivity contribution < 1.29 is 28.6 Å². The lowest BCUT2D eigenvalue weighted by Gasteiger charge is -2.18. The van der Waals surface area contributed by atoms with E-state index in [1.54, 1.807) is 0 Å². The van der Waals surface area contributed by atoms with Gasteiger partial charge >= 0.3 is 17.9 Å². The van der Waals surface area contributed by atoms with E-state index in [4.69, 9.17) is 14.2 Å². The molecule has 0 N–H and O–H groups in total. The van der Waals surface area contributed by atoms with E-state index in [-0.39, 0.29) is 31.1 Å². The van der Waals surface area contributed by atoms with Crippen molar-refractivity contribution in [3.05, 3.63) is 36.5 Å². The summed E-state index contributed by atoms with van der Waals surface area (Å²) in [5.41, 5.74) is 0. The smallest absolute Gasteiger partial charge is 0.306 e. The third kappa shape index (κ3) is 66.4. The molecule has 0 aromatic rings. The lowest BCUT2D eigenvalue weighted by atomic mass is 10.0. The summed E-state index contributed by atoms with van der Waals surface area (Å²) in [7, 11) is 0. The molecular weight excluding hydrogens is 985 g/mol. The third-order valence-corrected chi connectivity index (χ3v) is 16.4. The minimum Gasteiger partial charge on any atom is -0.462 e. The number of rotatable bonds is 67. The maximum atomic E-state index is 12.9. The van der Waals surface area contributed by atoms with Crippen LogP contribution in [0.3, 0.4) is 0 Å². The number of ether oxygens (including phenoxy) is 3. The Balaban J connectivity index is 4.04. The van der Waals surface area contributed by atoms with Gasteiger partial charge in [-0.1, -0.05) is 346 Å². The van der Waals surface area contributed by atoms with Crippen molar-refractivity contribution in [1.29, 1.82) is 0 Å². The lowest BCUT2D eigenvalue weighted by molar-refractivity contribution is -0.167. The lowest BCUT2D eigenvalue weighted by Crippen LogP contribution is -2.30. The van der Waals surface area contributed by atoms with Crippen LogP contribution in [0.25, 0.3) is 0 Å². The largest absolute Gasteiger partial charge is 0.462 e. The zero-order chi connectivity index (χ0) is 57.8. The van der Waals surface area contributed by atoms with Crippen molar-refractivity contribution in [2.75, 3.05) is 13.2 Å². The highest BCUT2D eigenvalue weighted by atomic mass is 16.6. The molecule has 0 saturated carbocycles. The molecule has 1 unspecified atom stereocenters. The molecule has 6 heteroatoms. The van der Waals surface area contributed by atoms with Crippen molar-refractivity contribution in [3.8, 4) is 0 Å². The summed E-state index contributed by atoms with van der Waals surface area (Å²) in [5.74, 6) is -0.869. The second-order valence-electron chi connectivity index (χ2n) is 24.5. The Kier molecular flexibility index (Phi) is 67.1. The molecule has 0 spiro atoms. The molecule has 0 heterocycles. The molecule has 0 aromatic heterocycles. The van der Waals surface area contributed by atoms with Crippen LogP contribution in [0.1, 0.15) is 400 Å². The van der Waals surface area contributed by atoms with Crippen LogP contribution in [0.15, 0.2) is 36.5 Å². The van der Waals surface area contributed by atoms with Crippen molar-refractivity contribution in [3.63, 3.8) is 0 Å². The Morgan fingerprint density at radius 1 is 0.250 bits per heavy atom. The van der Waals surface area contributed by atoms with Gasteiger partial charge < -0.3 is 14.2 Å². The van der Waals surface area contributed by atoms with Crippen LogP contribution in [-0.4, -0.2) is 37.2 Å². The Morgan fingerprint density at radius 2 is 0.463 bits per heavy atom. The predicted octanol–water partition coefficient (Wildman–Crippen LogP) is 24.7. The highest BCUT2D eigenvalue weighted by Crippen LogP contribution is 2.19. The monoisotopic (exact) mass is 1120 g/mol. The maximum absolute atomic E-state index is 12.9. The van der Waals surface area contributed by atoms with Crippen LogP contribution >= 0.6 is 0 Å². The van der Waals surface area contributed by atoms with Gasteiger partial charge in [-0.3, -0.25) is 14.4 Å². The van der Waals surface area contributed by atoms with Gasteiger partial charge in [-0.15, -0.1) is 0 Å². The molecule has 0 aliphatic carbocycles. The van der Waals surface area contributed by atoms with Crippen molar-refractivity contribution >= 4 is 17.9 Å². The molecule has 0 rings (SSSR count). The molecule has 0 radical (unpaired) electrons. The summed E-state index contributed by atoms with van der Waals surface area (Å²) in [5, 5.41) is 0. The van der Waals surface area contributed by atoms with Gasteiger partial charge in [-0.25, -0.2) is 0 Å². The molecule has 0 amide bonds. The van der Waals surface area contributed by atoms with Gasteiger partial charge in [0.2, 0.25) is 0 Å². The van der Waals surface area contributed by atoms with Crippen LogP contribution in [0.4, 0.5) is 0 Å². The van der Waals surface area contributed by atoms with Crippen LogP contribution in [0, 0.1) is 0 Å². The van der Waals surface area contributed by atoms with E-state index in [1.165, 1.54) is 283 Å². The number of carbonyl (C=O) groups is 3. The molecule has 0 aromatic carbocycles. The van der Waals surface area contributed by atoms with Gasteiger partial charge in [0.25, 0.3) is 0 Å². The zero-order valence-electron chi connectivity index (χ0n) is 54.1. The minimum atomic E-state index is -0.778. The van der Waals surface area contributed by atoms with Crippen LogP contribution < -0.4 is 0 Å². The number of allylic oxidation sites excluding steroid dienone is 6. The normalized spacial score (nSPS) is 12.2. The molecule has 0 fully saturated rings. The standard InChI is InChI=1S/C74H138O6/c1-4-7-10-13-16-19-22-24-26-28-29-30-31-32-33-34-35-36-37-38-39-40-41-42-43-44-46-47-49-52-55-58-61-64-67-73(76)79-70-71(69-78-72(75)66-63-60-57-54-51-21-18-15-12-9-6-3)80-74(77)68-65-62-59-56-53-50-48-45-27-25-23-20-17-14-11-8-5-2/h15,17-18,20,25,27,71H,4-14,16,19,21-24,26,28-70H2,1-3H3/b18-15-,20-17-,27-25-. The van der Waals surface area contributed by atoms with Crippen molar-refractivity contribution in [1.82, 2.24) is 0 Å². The molecule has 0 aliphatic rings. The van der Waals surface area contributed by atoms with Crippen LogP contribution in [-0.2, 0) is 28.6 Å². The number of unbranched alkanes of at least 4 members (excludes halogenated alkanes) is 50. The number of carbonyl (C=O) groups excluding carboxylic acids is 3. The second kappa shape index (κ2) is 69.1. The Labute approximate surface area is 499 Å². The van der Waals surface area contributed by atoms with E-state index in [0.717, 1.165) is 77.0 Å². The van der Waals surface area contributed by atoms with E-state index in [0.29, 0.717) is 19.3 Å². The van der Waals surface area contributed by atoms with Gasteiger partial charge in [0.05, 0.1) is 0 Å². The zero-order valence-corrected chi connectivity index (χ0v) is 54.1. The minimum absolute atomic E-state index is 0.0741. The van der Waals surface area contributed by atoms with Gasteiger partial charge in [-0.05, 0) is 70.6 Å².